The fraction of sp³-hybridized carbons (Fsp3) is 0.562. The van der Waals surface area contributed by atoms with E-state index in [-0.39, 0.29) is 5.92 Å². The highest BCUT2D eigenvalue weighted by Crippen LogP contribution is 2.19. The fourth-order valence-corrected chi connectivity index (χ4v) is 3.17. The predicted octanol–water partition coefficient (Wildman–Crippen LogP) is 1.61. The van der Waals surface area contributed by atoms with E-state index in [1.54, 1.807) is 0 Å². The summed E-state index contributed by atoms with van der Waals surface area (Å²) in [6, 6.07) is 8.59. The molecular formula is C16H22N2O. The quantitative estimate of drug-likeness (QED) is 0.894. The number of nitrogens with zero attached hydrogens (tertiary/aromatic N) is 1. The molecule has 0 aliphatic carbocycles. The molecular weight excluding hydrogens is 236 g/mol. The number of rotatable bonds is 3. The Morgan fingerprint density at radius 3 is 2.95 bits per heavy atom. The van der Waals surface area contributed by atoms with E-state index in [2.05, 4.69) is 34.5 Å². The van der Waals surface area contributed by atoms with Crippen molar-refractivity contribution in [3.05, 3.63) is 35.4 Å². The van der Waals surface area contributed by atoms with Crippen LogP contribution in [-0.2, 0) is 17.8 Å². The van der Waals surface area contributed by atoms with Crippen molar-refractivity contribution in [3.63, 3.8) is 0 Å². The summed E-state index contributed by atoms with van der Waals surface area (Å²) in [5, 5.41) is 3.33. The van der Waals surface area contributed by atoms with Crippen molar-refractivity contribution >= 4 is 5.78 Å². The molecule has 0 saturated carbocycles. The van der Waals surface area contributed by atoms with Crippen molar-refractivity contribution < 1.29 is 4.79 Å². The lowest BCUT2D eigenvalue weighted by Crippen LogP contribution is -2.41. The van der Waals surface area contributed by atoms with Gasteiger partial charge in [-0.25, -0.2) is 0 Å². The second-order valence-electron chi connectivity index (χ2n) is 5.74. The average molecular weight is 258 g/mol. The van der Waals surface area contributed by atoms with Gasteiger partial charge in [-0.1, -0.05) is 24.3 Å². The first-order valence-electron chi connectivity index (χ1n) is 7.35. The third-order valence-electron chi connectivity index (χ3n) is 4.34. The van der Waals surface area contributed by atoms with Gasteiger partial charge in [0.15, 0.2) is 5.78 Å². The number of ketones is 1. The summed E-state index contributed by atoms with van der Waals surface area (Å²) in [6.45, 7) is 4.52. The SMILES string of the molecule is O=C(CN1CCc2ccccc2C1)C1CCCNC1. The molecule has 19 heavy (non-hydrogen) atoms. The average Bonchev–Trinajstić information content (AvgIpc) is 2.48. The summed E-state index contributed by atoms with van der Waals surface area (Å²) in [5.74, 6) is 0.664. The Morgan fingerprint density at radius 1 is 1.32 bits per heavy atom. The number of fused-ring (bicyclic) bond motifs is 1. The Kier molecular flexibility index (Phi) is 3.95. The molecule has 3 heteroatoms. The maximum atomic E-state index is 12.3. The molecule has 2 aliphatic rings. The molecule has 102 valence electrons. The van der Waals surface area contributed by atoms with Crippen LogP contribution in [0.4, 0.5) is 0 Å². The van der Waals surface area contributed by atoms with Crippen LogP contribution in [0.25, 0.3) is 0 Å². The molecule has 1 fully saturated rings. The molecule has 2 aliphatic heterocycles. The van der Waals surface area contributed by atoms with Crippen LogP contribution in [0.1, 0.15) is 24.0 Å². The van der Waals surface area contributed by atoms with Crippen molar-refractivity contribution in [3.8, 4) is 0 Å². The lowest BCUT2D eigenvalue weighted by Gasteiger charge is -2.30. The summed E-state index contributed by atoms with van der Waals surface area (Å²) in [6.07, 6.45) is 3.28. The van der Waals surface area contributed by atoms with Gasteiger partial charge in [-0.2, -0.15) is 0 Å². The van der Waals surface area contributed by atoms with Crippen LogP contribution in [0.15, 0.2) is 24.3 Å². The molecule has 0 spiro atoms. The Bertz CT molecular complexity index is 452. The van der Waals surface area contributed by atoms with E-state index >= 15 is 0 Å². The van der Waals surface area contributed by atoms with Crippen molar-refractivity contribution in [2.24, 2.45) is 5.92 Å². The highest BCUT2D eigenvalue weighted by atomic mass is 16.1. The normalized spacial score (nSPS) is 23.9. The Labute approximate surface area is 115 Å². The summed E-state index contributed by atoms with van der Waals surface area (Å²) in [4.78, 5) is 14.6. The lowest BCUT2D eigenvalue weighted by atomic mass is 9.93. The number of Topliss-reactive ketones (excluding diaryl/α,β-unsaturated/α-hetero) is 1. The van der Waals surface area contributed by atoms with Gasteiger partial charge in [-0.05, 0) is 36.9 Å². The molecule has 0 aromatic heterocycles. The topological polar surface area (TPSA) is 32.3 Å². The number of hydrogen-bond donors (Lipinski definition) is 1. The van der Waals surface area contributed by atoms with E-state index in [0.717, 1.165) is 45.4 Å². The summed E-state index contributed by atoms with van der Waals surface area (Å²) in [5.41, 5.74) is 2.84. The second-order valence-corrected chi connectivity index (χ2v) is 5.74. The van der Waals surface area contributed by atoms with Gasteiger partial charge >= 0.3 is 0 Å². The molecule has 1 aromatic carbocycles. The fourth-order valence-electron chi connectivity index (χ4n) is 3.17. The van der Waals surface area contributed by atoms with Crippen molar-refractivity contribution in [1.29, 1.82) is 0 Å². The van der Waals surface area contributed by atoms with Crippen molar-refractivity contribution in [2.45, 2.75) is 25.8 Å². The van der Waals surface area contributed by atoms with Gasteiger partial charge in [0.05, 0.1) is 6.54 Å². The minimum absolute atomic E-state index is 0.242. The zero-order valence-corrected chi connectivity index (χ0v) is 11.4. The van der Waals surface area contributed by atoms with Crippen molar-refractivity contribution in [1.82, 2.24) is 10.2 Å². The summed E-state index contributed by atoms with van der Waals surface area (Å²) < 4.78 is 0. The predicted molar refractivity (Wildman–Crippen MR) is 76.0 cm³/mol. The van der Waals surface area contributed by atoms with Crippen LogP contribution in [0, 0.1) is 5.92 Å². The molecule has 2 heterocycles. The highest BCUT2D eigenvalue weighted by molar-refractivity contribution is 5.83. The standard InChI is InChI=1S/C16H22N2O/c19-16(14-6-3-8-17-10-14)12-18-9-7-13-4-1-2-5-15(13)11-18/h1-2,4-5,14,17H,3,6-12H2. The molecule has 0 amide bonds. The van der Waals surface area contributed by atoms with E-state index in [0.29, 0.717) is 12.3 Å². The first-order valence-corrected chi connectivity index (χ1v) is 7.35. The lowest BCUT2D eigenvalue weighted by molar-refractivity contribution is -0.124. The molecule has 1 aromatic rings. The Balaban J connectivity index is 1.58. The van der Waals surface area contributed by atoms with E-state index in [1.165, 1.54) is 11.1 Å². The zero-order valence-electron chi connectivity index (χ0n) is 11.4. The van der Waals surface area contributed by atoms with Gasteiger partial charge in [-0.3, -0.25) is 9.69 Å². The number of piperidine rings is 1. The highest BCUT2D eigenvalue weighted by Gasteiger charge is 2.24. The second kappa shape index (κ2) is 5.85. The number of nitrogens with one attached hydrogen (secondary N) is 1. The molecule has 3 rings (SSSR count). The molecule has 1 atom stereocenters. The van der Waals surface area contributed by atoms with Gasteiger partial charge in [0.25, 0.3) is 0 Å². The molecule has 0 bridgehead atoms. The van der Waals surface area contributed by atoms with Crippen LogP contribution >= 0.6 is 0 Å². The molecule has 1 N–H and O–H groups in total. The smallest absolute Gasteiger partial charge is 0.151 e. The molecule has 3 nitrogen and oxygen atoms in total. The van der Waals surface area contributed by atoms with Gasteiger partial charge in [0.2, 0.25) is 0 Å². The molecule has 1 saturated heterocycles. The Hall–Kier alpha value is -1.19. The minimum Gasteiger partial charge on any atom is -0.316 e. The third-order valence-corrected chi connectivity index (χ3v) is 4.34. The Morgan fingerprint density at radius 2 is 2.16 bits per heavy atom. The van der Waals surface area contributed by atoms with Crippen LogP contribution in [0.3, 0.4) is 0 Å². The number of hydrogen-bond acceptors (Lipinski definition) is 3. The van der Waals surface area contributed by atoms with E-state index in [9.17, 15) is 4.79 Å². The van der Waals surface area contributed by atoms with Gasteiger partial charge in [0.1, 0.15) is 0 Å². The van der Waals surface area contributed by atoms with Gasteiger partial charge in [0, 0.05) is 25.6 Å². The first kappa shape index (κ1) is 12.8. The summed E-state index contributed by atoms with van der Waals surface area (Å²) >= 11 is 0. The van der Waals surface area contributed by atoms with Gasteiger partial charge in [-0.15, -0.1) is 0 Å². The van der Waals surface area contributed by atoms with E-state index in [4.69, 9.17) is 0 Å². The van der Waals surface area contributed by atoms with Crippen LogP contribution in [-0.4, -0.2) is 36.9 Å². The van der Waals surface area contributed by atoms with E-state index in [1.807, 2.05) is 0 Å². The maximum absolute atomic E-state index is 12.3. The molecule has 0 radical (unpaired) electrons. The van der Waals surface area contributed by atoms with Gasteiger partial charge < -0.3 is 5.32 Å². The molecule has 1 unspecified atom stereocenters. The maximum Gasteiger partial charge on any atom is 0.151 e. The van der Waals surface area contributed by atoms with Crippen LogP contribution in [0.5, 0.6) is 0 Å². The monoisotopic (exact) mass is 258 g/mol. The zero-order chi connectivity index (χ0) is 13.1. The number of benzene rings is 1. The first-order chi connectivity index (χ1) is 9.33. The van der Waals surface area contributed by atoms with E-state index < -0.39 is 0 Å². The summed E-state index contributed by atoms with van der Waals surface area (Å²) in [7, 11) is 0. The number of carbonyl (C=O) groups is 1. The van der Waals surface area contributed by atoms with Crippen LogP contribution < -0.4 is 5.32 Å². The number of carbonyl (C=O) groups excluding carboxylic acids is 1. The van der Waals surface area contributed by atoms with Crippen LogP contribution in [0.2, 0.25) is 0 Å². The minimum atomic E-state index is 0.242. The van der Waals surface area contributed by atoms with Crippen molar-refractivity contribution in [2.75, 3.05) is 26.2 Å². The largest absolute Gasteiger partial charge is 0.316 e. The third kappa shape index (κ3) is 3.04.